The van der Waals surface area contributed by atoms with Gasteiger partial charge in [0.2, 0.25) is 0 Å². The number of fused-ring (bicyclic) bond motifs is 24. The molecule has 10 heterocycles. The quantitative estimate of drug-likeness (QED) is 0.117. The molecule has 0 saturated heterocycles. The molecule has 0 spiro atoms. The highest BCUT2D eigenvalue weighted by molar-refractivity contribution is 7.25. The second-order valence-corrected chi connectivity index (χ2v) is 37.0. The van der Waals surface area contributed by atoms with Crippen molar-refractivity contribution in [2.24, 2.45) is 0 Å². The molecule has 652 valence electrons. The maximum absolute atomic E-state index is 6.49. The molecule has 0 fully saturated rings. The Labute approximate surface area is 802 Å². The minimum absolute atomic E-state index is 0.601. The predicted octanol–water partition coefficient (Wildman–Crippen LogP) is 33.5. The number of benzene rings is 20. The molecule has 13 nitrogen and oxygen atoms in total. The topological polar surface area (TPSA) is 136 Å². The van der Waals surface area contributed by atoms with Crippen molar-refractivity contribution in [2.75, 3.05) is 0 Å². The van der Waals surface area contributed by atoms with Crippen molar-refractivity contribution in [3.05, 3.63) is 449 Å². The summed E-state index contributed by atoms with van der Waals surface area (Å²) in [6, 6.07) is 159. The monoisotopic (exact) mass is 1810 g/mol. The molecule has 0 saturated carbocycles. The van der Waals surface area contributed by atoms with Crippen LogP contribution in [0.3, 0.4) is 0 Å². The normalized spacial score (nSPS) is 12.0. The van der Waals surface area contributed by atoms with Gasteiger partial charge in [0.05, 0.1) is 44.1 Å². The molecule has 30 aromatic rings. The average molecular weight is 1810 g/mol. The second kappa shape index (κ2) is 31.4. The minimum atomic E-state index is 0.601. The summed E-state index contributed by atoms with van der Waals surface area (Å²) >= 11 is 1.81. The number of hydrogen-bond donors (Lipinski definition) is 0. The summed E-state index contributed by atoms with van der Waals surface area (Å²) in [4.78, 5) is 30.0. The van der Waals surface area contributed by atoms with Crippen LogP contribution >= 0.6 is 11.3 Å². The van der Waals surface area contributed by atoms with Gasteiger partial charge in [-0.25, -0.2) is 29.9 Å². The van der Waals surface area contributed by atoms with Crippen molar-refractivity contribution in [2.45, 2.75) is 0 Å². The van der Waals surface area contributed by atoms with Crippen LogP contribution in [-0.4, -0.2) is 48.2 Å². The van der Waals surface area contributed by atoms with Gasteiger partial charge in [-0.3, -0.25) is 0 Å². The lowest BCUT2D eigenvalue weighted by atomic mass is 10.0. The SMILES string of the molecule is c1ccc(-c2nc(-c3ccccc3)nc(-c3ccc4oc5ccc(-n6c7ccccc7c7cc(-c8ccc9c(c8)c8ccccc8n9-c8ccc9oc%10ccccc%10c9c8)ccc76)cc5c4c3)n2)cc1.c1ccc(-c2nc(-c3ccccc3)nc(-c3ccc4sc5ccc(-n6c7ccccc7c7cc(-c8ccc9c(c8)c8ccccc8n9-c8ccc9oc%10ccccc%10c9c8)ccc76)cc5c4c3)n2)cc1. The van der Waals surface area contributed by atoms with E-state index in [9.17, 15) is 0 Å². The van der Waals surface area contributed by atoms with E-state index >= 15 is 0 Å². The first-order chi connectivity index (χ1) is 69.3. The molecule has 0 aliphatic rings. The lowest BCUT2D eigenvalue weighted by molar-refractivity contribution is 0.668. The number of para-hydroxylation sites is 6. The van der Waals surface area contributed by atoms with Gasteiger partial charge >= 0.3 is 0 Å². The van der Waals surface area contributed by atoms with Gasteiger partial charge in [0.15, 0.2) is 34.9 Å². The van der Waals surface area contributed by atoms with E-state index in [1.807, 2.05) is 169 Å². The zero-order valence-electron chi connectivity index (χ0n) is 74.8. The van der Waals surface area contributed by atoms with Gasteiger partial charge in [-0.1, -0.05) is 255 Å². The van der Waals surface area contributed by atoms with Crippen molar-refractivity contribution >= 4 is 185 Å². The van der Waals surface area contributed by atoms with E-state index in [1.165, 1.54) is 96.5 Å². The van der Waals surface area contributed by atoms with Crippen LogP contribution in [0.25, 0.3) is 287 Å². The van der Waals surface area contributed by atoms with Crippen molar-refractivity contribution in [1.82, 2.24) is 48.2 Å². The fraction of sp³-hybridized carbons (Fsp3) is 0. The zero-order chi connectivity index (χ0) is 91.7. The third kappa shape index (κ3) is 12.8. The van der Waals surface area contributed by atoms with E-state index in [0.29, 0.717) is 34.9 Å². The van der Waals surface area contributed by atoms with Crippen LogP contribution < -0.4 is 0 Å². The summed E-state index contributed by atoms with van der Waals surface area (Å²) < 4.78 is 30.9. The van der Waals surface area contributed by atoms with E-state index < -0.39 is 0 Å². The number of hydrogen-bond acceptors (Lipinski definition) is 10. The van der Waals surface area contributed by atoms with Crippen molar-refractivity contribution < 1.29 is 13.3 Å². The van der Waals surface area contributed by atoms with Crippen LogP contribution in [-0.2, 0) is 0 Å². The summed E-state index contributed by atoms with van der Waals surface area (Å²) in [6.07, 6.45) is 0. The van der Waals surface area contributed by atoms with Crippen molar-refractivity contribution in [3.8, 4) is 113 Å². The van der Waals surface area contributed by atoms with E-state index in [1.54, 1.807) is 0 Å². The number of aromatic nitrogens is 10. The smallest absolute Gasteiger partial charge is 0.164 e. The average Bonchev–Trinajstić information content (AvgIpc) is 1.58. The summed E-state index contributed by atoms with van der Waals surface area (Å²) in [6.45, 7) is 0. The molecule has 0 amide bonds. The Balaban J connectivity index is 0.000000134. The Bertz CT molecular complexity index is 9670. The number of rotatable bonds is 12. The molecule has 140 heavy (non-hydrogen) atoms. The highest BCUT2D eigenvalue weighted by atomic mass is 32.1. The van der Waals surface area contributed by atoms with Crippen LogP contribution in [0, 0.1) is 0 Å². The molecule has 14 heteroatoms. The highest BCUT2D eigenvalue weighted by Crippen LogP contribution is 2.47. The standard InChI is InChI=1S/C63H37N5O2.C63H37N5OS/c1-3-13-38(14-4-1)61-64-62(39-15-5-2-6-16-39)66-63(65-61)42-25-30-58-50(35-42)52-37-44(27-32-60(52)70-58)68-54-21-11-8-18-46(54)49-34-41(24-29-56(49)68)40-23-28-55-48(33-40)45-17-7-10-20-53(45)67(55)43-26-31-59-51(36-43)47-19-9-12-22-57(47)69-59;1-3-13-38(14-4-1)61-64-62(39-15-5-2-6-16-39)66-63(65-61)42-25-31-59-51(35-42)52-37-44(27-32-60(52)70-59)68-54-21-11-8-18-46(54)49-34-41(24-29-56(49)68)40-23-28-55-48(33-40)45-17-7-10-20-53(45)67(55)43-26-30-58-50(36-43)47-19-9-12-22-57(47)69-58/h2*1-37H. The molecule has 0 atom stereocenters. The molecule has 0 aliphatic carbocycles. The van der Waals surface area contributed by atoms with Gasteiger partial charge in [0.1, 0.15) is 33.5 Å². The first-order valence-electron chi connectivity index (χ1n) is 47.0. The molecular formula is C126H74N10O3S. The molecule has 30 rings (SSSR count). The van der Waals surface area contributed by atoms with Crippen molar-refractivity contribution in [3.63, 3.8) is 0 Å². The van der Waals surface area contributed by atoms with Crippen LogP contribution in [0.15, 0.2) is 462 Å². The van der Waals surface area contributed by atoms with Gasteiger partial charge < -0.3 is 31.5 Å². The largest absolute Gasteiger partial charge is 0.456 e. The Morgan fingerprint density at radius 1 is 0.143 bits per heavy atom. The van der Waals surface area contributed by atoms with Crippen molar-refractivity contribution in [1.29, 1.82) is 0 Å². The van der Waals surface area contributed by atoms with Gasteiger partial charge in [-0.2, -0.15) is 0 Å². The summed E-state index contributed by atoms with van der Waals surface area (Å²) in [5.74, 6) is 3.80. The Hall–Kier alpha value is -18.8. The van der Waals surface area contributed by atoms with Gasteiger partial charge in [0.25, 0.3) is 0 Å². The second-order valence-electron chi connectivity index (χ2n) is 36.0. The van der Waals surface area contributed by atoms with E-state index in [0.717, 1.165) is 155 Å². The minimum Gasteiger partial charge on any atom is -0.456 e. The van der Waals surface area contributed by atoms with Crippen LogP contribution in [0.5, 0.6) is 0 Å². The summed E-state index contributed by atoms with van der Waals surface area (Å²) in [7, 11) is 0. The maximum atomic E-state index is 6.49. The Morgan fingerprint density at radius 3 is 0.700 bits per heavy atom. The van der Waals surface area contributed by atoms with Gasteiger partial charge in [-0.15, -0.1) is 11.3 Å². The lowest BCUT2D eigenvalue weighted by Gasteiger charge is -2.10. The molecule has 10 aromatic heterocycles. The van der Waals surface area contributed by atoms with E-state index in [2.05, 4.69) is 309 Å². The van der Waals surface area contributed by atoms with Crippen LogP contribution in [0.1, 0.15) is 0 Å². The number of furan rings is 3. The zero-order valence-corrected chi connectivity index (χ0v) is 75.6. The predicted molar refractivity (Wildman–Crippen MR) is 575 cm³/mol. The first-order valence-corrected chi connectivity index (χ1v) is 47.8. The molecule has 20 aromatic carbocycles. The number of thiophene rings is 1. The van der Waals surface area contributed by atoms with Crippen LogP contribution in [0.4, 0.5) is 0 Å². The molecular weight excluding hydrogens is 1730 g/mol. The van der Waals surface area contributed by atoms with E-state index in [-0.39, 0.29) is 0 Å². The molecule has 0 N–H and O–H groups in total. The van der Waals surface area contributed by atoms with Gasteiger partial charge in [-0.05, 0) is 216 Å². The highest BCUT2D eigenvalue weighted by Gasteiger charge is 2.25. The fourth-order valence-corrected chi connectivity index (χ4v) is 22.5. The third-order valence-electron chi connectivity index (χ3n) is 27.9. The Kier molecular flexibility index (Phi) is 17.7. The number of nitrogens with zero attached hydrogens (tertiary/aromatic N) is 10. The maximum Gasteiger partial charge on any atom is 0.164 e. The van der Waals surface area contributed by atoms with Crippen LogP contribution in [0.2, 0.25) is 0 Å². The summed E-state index contributed by atoms with van der Waals surface area (Å²) in [5.41, 5.74) is 29.1. The molecule has 0 aliphatic heterocycles. The molecule has 0 unspecified atom stereocenters. The first kappa shape index (κ1) is 78.7. The van der Waals surface area contributed by atoms with E-state index in [4.69, 9.17) is 43.2 Å². The lowest BCUT2D eigenvalue weighted by Crippen LogP contribution is -2.00. The molecule has 0 radical (unpaired) electrons. The molecule has 0 bridgehead atoms. The third-order valence-corrected chi connectivity index (χ3v) is 29.1. The summed E-state index contributed by atoms with van der Waals surface area (Å²) in [5, 5.41) is 18.5. The Morgan fingerprint density at radius 2 is 0.357 bits per heavy atom. The van der Waals surface area contributed by atoms with Gasteiger partial charge in [0, 0.05) is 152 Å². The fourth-order valence-electron chi connectivity index (χ4n) is 21.4.